The number of ether oxygens (including phenoxy) is 1. The zero-order chi connectivity index (χ0) is 32.1. The van der Waals surface area contributed by atoms with Gasteiger partial charge in [-0.2, -0.15) is 5.26 Å². The van der Waals surface area contributed by atoms with Crippen molar-refractivity contribution in [1.82, 2.24) is 15.5 Å². The quantitative estimate of drug-likeness (QED) is 0.211. The highest BCUT2D eigenvalue weighted by atomic mass is 16.5. The van der Waals surface area contributed by atoms with E-state index in [1.165, 1.54) is 4.90 Å². The minimum Gasteiger partial charge on any atom is -0.486 e. The number of Topliss-reactive ketones (excluding diaryl/α,β-unsaturated/α-hetero) is 1. The number of hydrogen-bond donors (Lipinski definition) is 3. The van der Waals surface area contributed by atoms with E-state index in [4.69, 9.17) is 10.00 Å². The number of benzene rings is 3. The Morgan fingerprint density at radius 3 is 2.27 bits per heavy atom. The number of para-hydroxylation sites is 1. The van der Waals surface area contributed by atoms with E-state index in [0.717, 1.165) is 10.8 Å². The number of ketones is 1. The Labute approximate surface area is 255 Å². The molecule has 3 aromatic rings. The van der Waals surface area contributed by atoms with Crippen LogP contribution in [-0.4, -0.2) is 71.3 Å². The molecule has 0 aliphatic rings. The van der Waals surface area contributed by atoms with Crippen molar-refractivity contribution in [1.29, 1.82) is 5.26 Å². The second kappa shape index (κ2) is 16.4. The Bertz CT molecular complexity index is 1520. The lowest BCUT2D eigenvalue weighted by Crippen LogP contribution is -2.54. The number of carbonyl (C=O) groups is 5. The van der Waals surface area contributed by atoms with Gasteiger partial charge >= 0.3 is 5.97 Å². The van der Waals surface area contributed by atoms with Crippen molar-refractivity contribution in [3.63, 3.8) is 0 Å². The molecule has 0 bridgehead atoms. The van der Waals surface area contributed by atoms with Crippen LogP contribution < -0.4 is 15.4 Å². The number of rotatable bonds is 16. The Balaban J connectivity index is 1.73. The van der Waals surface area contributed by atoms with Crippen molar-refractivity contribution in [3.05, 3.63) is 78.4 Å². The molecule has 0 saturated carbocycles. The average Bonchev–Trinajstić information content (AvgIpc) is 3.01. The van der Waals surface area contributed by atoms with E-state index >= 15 is 0 Å². The van der Waals surface area contributed by atoms with E-state index in [1.54, 1.807) is 56.3 Å². The van der Waals surface area contributed by atoms with Gasteiger partial charge in [0.05, 0.1) is 19.0 Å². The summed E-state index contributed by atoms with van der Waals surface area (Å²) in [6.45, 7) is 2.56. The van der Waals surface area contributed by atoms with Gasteiger partial charge in [0, 0.05) is 18.5 Å². The van der Waals surface area contributed by atoms with Gasteiger partial charge in [0.2, 0.25) is 11.8 Å². The number of nitrogens with zero attached hydrogens (tertiary/aromatic N) is 2. The average molecular weight is 601 g/mol. The molecule has 0 aliphatic heterocycles. The topological polar surface area (TPSA) is 166 Å². The molecule has 0 radical (unpaired) electrons. The number of fused-ring (bicyclic) bond motifs is 1. The van der Waals surface area contributed by atoms with E-state index in [2.05, 4.69) is 10.6 Å². The first-order valence-corrected chi connectivity index (χ1v) is 14.3. The first-order valence-electron chi connectivity index (χ1n) is 14.3. The second-order valence-corrected chi connectivity index (χ2v) is 10.6. The highest BCUT2D eigenvalue weighted by molar-refractivity contribution is 6.01. The number of unbranched alkanes of at least 4 members (excludes halogenated alkanes) is 1. The summed E-state index contributed by atoms with van der Waals surface area (Å²) >= 11 is 0. The maximum absolute atomic E-state index is 13.7. The maximum Gasteiger partial charge on any atom is 0.305 e. The summed E-state index contributed by atoms with van der Waals surface area (Å²) in [4.78, 5) is 65.4. The maximum atomic E-state index is 13.7. The minimum absolute atomic E-state index is 0.0313. The lowest BCUT2D eigenvalue weighted by atomic mass is 10.0. The molecule has 0 fully saturated rings. The summed E-state index contributed by atoms with van der Waals surface area (Å²) in [6.07, 6.45) is -0.291. The first kappa shape index (κ1) is 33.3. The number of carbonyl (C=O) groups excluding carboxylic acids is 4. The third-order valence-electron chi connectivity index (χ3n) is 6.82. The van der Waals surface area contributed by atoms with Crippen LogP contribution in [0.2, 0.25) is 0 Å². The zero-order valence-corrected chi connectivity index (χ0v) is 24.7. The highest BCUT2D eigenvalue weighted by Crippen LogP contribution is 2.17. The smallest absolute Gasteiger partial charge is 0.305 e. The lowest BCUT2D eigenvalue weighted by Gasteiger charge is -2.30. The SMILES string of the molecule is CC(C)[C@H](NC(=O)c1ccc2ccccc2c1)C(=O)N(CCCC#N)CC(=O)N[C@H](CC(=O)O)C(=O)COc1ccccc1. The molecule has 44 heavy (non-hydrogen) atoms. The Kier molecular flexibility index (Phi) is 12.4. The third kappa shape index (κ3) is 9.94. The first-order chi connectivity index (χ1) is 21.1. The van der Waals surface area contributed by atoms with Gasteiger partial charge in [0.1, 0.15) is 24.4 Å². The fourth-order valence-corrected chi connectivity index (χ4v) is 4.49. The van der Waals surface area contributed by atoms with Crippen molar-refractivity contribution in [3.8, 4) is 11.8 Å². The molecule has 3 rings (SSSR count). The van der Waals surface area contributed by atoms with Gasteiger partial charge in [-0.05, 0) is 47.4 Å². The van der Waals surface area contributed by atoms with E-state index in [0.29, 0.717) is 11.3 Å². The van der Waals surface area contributed by atoms with Gasteiger partial charge in [-0.15, -0.1) is 0 Å². The number of nitrogens with one attached hydrogen (secondary N) is 2. The molecule has 11 nitrogen and oxygen atoms in total. The molecular weight excluding hydrogens is 564 g/mol. The molecule has 2 atom stereocenters. The Hall–Kier alpha value is -5.24. The van der Waals surface area contributed by atoms with Gasteiger partial charge < -0.3 is 25.4 Å². The van der Waals surface area contributed by atoms with Gasteiger partial charge in [-0.25, -0.2) is 0 Å². The van der Waals surface area contributed by atoms with Crippen molar-refractivity contribution in [2.45, 2.75) is 45.2 Å². The fraction of sp³-hybridized carbons (Fsp3) is 0.333. The highest BCUT2D eigenvalue weighted by Gasteiger charge is 2.31. The standard InChI is InChI=1S/C33H36N4O7/c1-22(2)31(36-32(42)25-15-14-23-10-6-7-11-24(23)18-25)33(43)37(17-9-8-16-34)20-29(39)35-27(19-30(40)41)28(38)21-44-26-12-4-3-5-13-26/h3-7,10-15,18,22,27,31H,8-9,17,19-21H2,1-2H3,(H,35,39)(H,36,42)(H,40,41)/t27-,31+/m1/s1. The minimum atomic E-state index is -1.40. The molecule has 230 valence electrons. The molecule has 3 amide bonds. The fourth-order valence-electron chi connectivity index (χ4n) is 4.49. The van der Waals surface area contributed by atoms with E-state index in [-0.39, 0.29) is 25.3 Å². The number of nitriles is 1. The summed E-state index contributed by atoms with van der Waals surface area (Å²) in [5, 5.41) is 25.4. The van der Waals surface area contributed by atoms with Gasteiger partial charge in [0.25, 0.3) is 5.91 Å². The molecule has 0 saturated heterocycles. The van der Waals surface area contributed by atoms with Crippen LogP contribution in [0, 0.1) is 17.2 Å². The van der Waals surface area contributed by atoms with E-state index in [9.17, 15) is 29.1 Å². The normalized spacial score (nSPS) is 12.0. The summed E-state index contributed by atoms with van der Waals surface area (Å²) in [7, 11) is 0. The van der Waals surface area contributed by atoms with Crippen molar-refractivity contribution < 1.29 is 33.8 Å². The monoisotopic (exact) mass is 600 g/mol. The molecule has 0 heterocycles. The summed E-state index contributed by atoms with van der Waals surface area (Å²) in [5.74, 6) is -3.69. The van der Waals surface area contributed by atoms with E-state index in [1.807, 2.05) is 36.4 Å². The third-order valence-corrected chi connectivity index (χ3v) is 6.82. The van der Waals surface area contributed by atoms with Gasteiger partial charge in [-0.3, -0.25) is 24.0 Å². The molecule has 0 aromatic heterocycles. The summed E-state index contributed by atoms with van der Waals surface area (Å²) in [5.41, 5.74) is 0.365. The van der Waals surface area contributed by atoms with Crippen LogP contribution in [0.25, 0.3) is 10.8 Å². The number of aliphatic carboxylic acids is 1. The molecule has 11 heteroatoms. The molecule has 3 N–H and O–H groups in total. The predicted octanol–water partition coefficient (Wildman–Crippen LogP) is 3.33. The number of hydrogen-bond acceptors (Lipinski definition) is 7. The van der Waals surface area contributed by atoms with Crippen LogP contribution >= 0.6 is 0 Å². The van der Waals surface area contributed by atoms with E-state index < -0.39 is 61.1 Å². The lowest BCUT2D eigenvalue weighted by molar-refractivity contribution is -0.142. The molecular formula is C33H36N4O7. The second-order valence-electron chi connectivity index (χ2n) is 10.6. The van der Waals surface area contributed by atoms with Gasteiger partial charge in [0.15, 0.2) is 5.78 Å². The van der Waals surface area contributed by atoms with Crippen LogP contribution in [0.15, 0.2) is 72.8 Å². The van der Waals surface area contributed by atoms with Gasteiger partial charge in [-0.1, -0.05) is 62.4 Å². The van der Waals surface area contributed by atoms with Crippen LogP contribution in [0.4, 0.5) is 0 Å². The Morgan fingerprint density at radius 1 is 0.932 bits per heavy atom. The molecule has 0 spiro atoms. The molecule has 0 aliphatic carbocycles. The zero-order valence-electron chi connectivity index (χ0n) is 24.7. The van der Waals surface area contributed by atoms with Crippen LogP contribution in [0.1, 0.15) is 43.5 Å². The number of carboxylic acid groups (broad SMARTS) is 1. The molecule has 0 unspecified atom stereocenters. The van der Waals surface area contributed by atoms with Crippen molar-refractivity contribution in [2.75, 3.05) is 19.7 Å². The number of carboxylic acids is 1. The van der Waals surface area contributed by atoms with Crippen LogP contribution in [-0.2, 0) is 19.2 Å². The van der Waals surface area contributed by atoms with Crippen LogP contribution in [0.5, 0.6) is 5.75 Å². The van der Waals surface area contributed by atoms with Crippen LogP contribution in [0.3, 0.4) is 0 Å². The number of amides is 3. The Morgan fingerprint density at radius 2 is 1.61 bits per heavy atom. The predicted molar refractivity (Wildman–Crippen MR) is 163 cm³/mol. The summed E-state index contributed by atoms with van der Waals surface area (Å²) < 4.78 is 5.42. The summed E-state index contributed by atoms with van der Waals surface area (Å²) in [6, 6.07) is 20.8. The van der Waals surface area contributed by atoms with Crippen molar-refractivity contribution >= 4 is 40.2 Å². The largest absolute Gasteiger partial charge is 0.486 e. The van der Waals surface area contributed by atoms with Crippen molar-refractivity contribution in [2.24, 2.45) is 5.92 Å². The molecule has 3 aromatic carbocycles.